The molecule has 0 aromatic heterocycles. The van der Waals surface area contributed by atoms with E-state index in [0.717, 1.165) is 25.7 Å². The highest BCUT2D eigenvalue weighted by Gasteiger charge is 2.26. The minimum absolute atomic E-state index is 0.0153. The molecule has 1 saturated carbocycles. The first-order chi connectivity index (χ1) is 10.2. The molecule has 0 radical (unpaired) electrons. The van der Waals surface area contributed by atoms with Crippen molar-refractivity contribution in [2.24, 2.45) is 0 Å². The highest BCUT2D eigenvalue weighted by atomic mass is 16.5. The second-order valence-electron chi connectivity index (χ2n) is 5.21. The molecule has 2 N–H and O–H groups in total. The molecule has 116 valence electrons. The molecule has 1 aliphatic carbocycles. The van der Waals surface area contributed by atoms with Gasteiger partial charge in [0.05, 0.1) is 18.4 Å². The molecule has 0 amide bonds. The molecular formula is C16H23NO4. The molecule has 0 spiro atoms. The van der Waals surface area contributed by atoms with Gasteiger partial charge in [-0.25, -0.2) is 4.79 Å². The first-order valence-electron chi connectivity index (χ1n) is 7.40. The van der Waals surface area contributed by atoms with E-state index in [1.807, 2.05) is 0 Å². The number of rotatable bonds is 5. The fourth-order valence-corrected chi connectivity index (χ4v) is 2.65. The lowest BCUT2D eigenvalue weighted by molar-refractivity contribution is 0.0204. The second kappa shape index (κ2) is 7.31. The lowest BCUT2D eigenvalue weighted by Crippen LogP contribution is -2.30. The van der Waals surface area contributed by atoms with E-state index in [0.29, 0.717) is 23.6 Å². The number of nitrogen functional groups attached to an aromatic ring is 1. The SMILES string of the molecule is CCOC(=O)c1cccc(N)c1OC1CCCC(OC)C1. The van der Waals surface area contributed by atoms with Crippen molar-refractivity contribution in [3.05, 3.63) is 23.8 Å². The molecular weight excluding hydrogens is 270 g/mol. The molecule has 0 aliphatic heterocycles. The van der Waals surface area contributed by atoms with Crippen molar-refractivity contribution in [2.45, 2.75) is 44.8 Å². The minimum atomic E-state index is -0.404. The van der Waals surface area contributed by atoms with Gasteiger partial charge in [0.1, 0.15) is 11.7 Å². The number of carbonyl (C=O) groups excluding carboxylic acids is 1. The summed E-state index contributed by atoms with van der Waals surface area (Å²) in [6.45, 7) is 2.09. The number of carbonyl (C=O) groups is 1. The summed E-state index contributed by atoms with van der Waals surface area (Å²) in [6.07, 6.45) is 4.07. The highest BCUT2D eigenvalue weighted by molar-refractivity contribution is 5.94. The summed E-state index contributed by atoms with van der Waals surface area (Å²) in [4.78, 5) is 12.0. The van der Waals surface area contributed by atoms with Crippen molar-refractivity contribution in [1.82, 2.24) is 0 Å². The Morgan fingerprint density at radius 2 is 2.10 bits per heavy atom. The van der Waals surface area contributed by atoms with E-state index in [4.69, 9.17) is 19.9 Å². The molecule has 5 heteroatoms. The van der Waals surface area contributed by atoms with Crippen molar-refractivity contribution in [2.75, 3.05) is 19.5 Å². The number of methoxy groups -OCH3 is 1. The first kappa shape index (κ1) is 15.6. The summed E-state index contributed by atoms with van der Waals surface area (Å²) in [5.41, 5.74) is 6.82. The van der Waals surface area contributed by atoms with Gasteiger partial charge in [-0.3, -0.25) is 0 Å². The molecule has 5 nitrogen and oxygen atoms in total. The molecule has 1 aliphatic rings. The van der Waals surface area contributed by atoms with E-state index in [2.05, 4.69) is 0 Å². The van der Waals surface area contributed by atoms with Gasteiger partial charge in [0.15, 0.2) is 5.75 Å². The largest absolute Gasteiger partial charge is 0.487 e. The van der Waals surface area contributed by atoms with Gasteiger partial charge in [0, 0.05) is 13.5 Å². The van der Waals surface area contributed by atoms with Crippen LogP contribution in [0.3, 0.4) is 0 Å². The van der Waals surface area contributed by atoms with Crippen LogP contribution in [0.1, 0.15) is 43.0 Å². The average Bonchev–Trinajstić information content (AvgIpc) is 2.49. The Bertz CT molecular complexity index is 489. The van der Waals surface area contributed by atoms with E-state index >= 15 is 0 Å². The van der Waals surface area contributed by atoms with Gasteiger partial charge >= 0.3 is 5.97 Å². The zero-order valence-electron chi connectivity index (χ0n) is 12.6. The van der Waals surface area contributed by atoms with E-state index < -0.39 is 5.97 Å². The summed E-state index contributed by atoms with van der Waals surface area (Å²) in [5, 5.41) is 0. The third-order valence-corrected chi connectivity index (χ3v) is 3.74. The molecule has 0 saturated heterocycles. The van der Waals surface area contributed by atoms with Crippen LogP contribution < -0.4 is 10.5 Å². The van der Waals surface area contributed by atoms with Crippen LogP contribution in [0.15, 0.2) is 18.2 Å². The van der Waals surface area contributed by atoms with Crippen LogP contribution in [0.25, 0.3) is 0 Å². The molecule has 2 unspecified atom stereocenters. The van der Waals surface area contributed by atoms with Crippen LogP contribution >= 0.6 is 0 Å². The smallest absolute Gasteiger partial charge is 0.341 e. The molecule has 0 bridgehead atoms. The second-order valence-corrected chi connectivity index (χ2v) is 5.21. The summed E-state index contributed by atoms with van der Waals surface area (Å²) < 4.78 is 16.5. The minimum Gasteiger partial charge on any atom is -0.487 e. The summed E-state index contributed by atoms with van der Waals surface area (Å²) in [5.74, 6) is 0.0246. The molecule has 1 aromatic carbocycles. The topological polar surface area (TPSA) is 70.8 Å². The maximum Gasteiger partial charge on any atom is 0.341 e. The number of anilines is 1. The highest BCUT2D eigenvalue weighted by Crippen LogP contribution is 2.32. The van der Waals surface area contributed by atoms with Gasteiger partial charge in [-0.15, -0.1) is 0 Å². The predicted molar refractivity (Wildman–Crippen MR) is 80.5 cm³/mol. The maximum absolute atomic E-state index is 12.0. The van der Waals surface area contributed by atoms with Gasteiger partial charge in [-0.05, 0) is 38.3 Å². The standard InChI is InChI=1S/C16H23NO4/c1-3-20-16(18)13-8-5-9-14(17)15(13)21-12-7-4-6-11(10-12)19-2/h5,8-9,11-12H,3-4,6-7,10,17H2,1-2H3. The van der Waals surface area contributed by atoms with Crippen molar-refractivity contribution in [3.63, 3.8) is 0 Å². The van der Waals surface area contributed by atoms with Crippen LogP contribution in [0.2, 0.25) is 0 Å². The zero-order chi connectivity index (χ0) is 15.2. The molecule has 1 fully saturated rings. The Kier molecular flexibility index (Phi) is 5.44. The molecule has 0 heterocycles. The quantitative estimate of drug-likeness (QED) is 0.667. The van der Waals surface area contributed by atoms with Crippen LogP contribution in [0.4, 0.5) is 5.69 Å². The van der Waals surface area contributed by atoms with Gasteiger partial charge in [0.25, 0.3) is 0 Å². The Hall–Kier alpha value is -1.75. The molecule has 2 atom stereocenters. The normalized spacial score (nSPS) is 21.8. The third kappa shape index (κ3) is 3.88. The molecule has 21 heavy (non-hydrogen) atoms. The first-order valence-corrected chi connectivity index (χ1v) is 7.40. The number of nitrogens with two attached hydrogens (primary N) is 1. The van der Waals surface area contributed by atoms with E-state index in [1.165, 1.54) is 0 Å². The lowest BCUT2D eigenvalue weighted by atomic mass is 9.95. The van der Waals surface area contributed by atoms with Gasteiger partial charge in [0.2, 0.25) is 0 Å². The van der Waals surface area contributed by atoms with E-state index in [1.54, 1.807) is 32.2 Å². The van der Waals surface area contributed by atoms with Crippen LogP contribution in [-0.4, -0.2) is 31.9 Å². The van der Waals surface area contributed by atoms with Crippen molar-refractivity contribution >= 4 is 11.7 Å². The van der Waals surface area contributed by atoms with Gasteiger partial charge in [-0.1, -0.05) is 6.07 Å². The average molecular weight is 293 g/mol. The Labute approximate surface area is 125 Å². The van der Waals surface area contributed by atoms with Crippen LogP contribution in [0, 0.1) is 0 Å². The fourth-order valence-electron chi connectivity index (χ4n) is 2.65. The van der Waals surface area contributed by atoms with Crippen molar-refractivity contribution in [1.29, 1.82) is 0 Å². The van der Waals surface area contributed by atoms with Crippen molar-refractivity contribution < 1.29 is 19.0 Å². The monoisotopic (exact) mass is 293 g/mol. The Morgan fingerprint density at radius 3 is 2.81 bits per heavy atom. The molecule has 2 rings (SSSR count). The lowest BCUT2D eigenvalue weighted by Gasteiger charge is -2.29. The van der Waals surface area contributed by atoms with Crippen LogP contribution in [0.5, 0.6) is 5.75 Å². The zero-order valence-corrected chi connectivity index (χ0v) is 12.6. The summed E-state index contributed by atoms with van der Waals surface area (Å²) >= 11 is 0. The summed E-state index contributed by atoms with van der Waals surface area (Å²) in [6, 6.07) is 5.14. The van der Waals surface area contributed by atoms with Gasteiger partial charge < -0.3 is 19.9 Å². The van der Waals surface area contributed by atoms with Crippen molar-refractivity contribution in [3.8, 4) is 5.75 Å². The number of hydrogen-bond donors (Lipinski definition) is 1. The Morgan fingerprint density at radius 1 is 1.33 bits per heavy atom. The third-order valence-electron chi connectivity index (χ3n) is 3.74. The van der Waals surface area contributed by atoms with E-state index in [-0.39, 0.29) is 12.2 Å². The van der Waals surface area contributed by atoms with Crippen LogP contribution in [-0.2, 0) is 9.47 Å². The fraction of sp³-hybridized carbons (Fsp3) is 0.562. The predicted octanol–water partition coefficient (Wildman–Crippen LogP) is 2.78. The number of benzene rings is 1. The number of esters is 1. The maximum atomic E-state index is 12.0. The number of para-hydroxylation sites is 1. The Balaban J connectivity index is 2.16. The summed E-state index contributed by atoms with van der Waals surface area (Å²) in [7, 11) is 1.72. The molecule has 1 aromatic rings. The number of ether oxygens (including phenoxy) is 3. The van der Waals surface area contributed by atoms with E-state index in [9.17, 15) is 4.79 Å². The van der Waals surface area contributed by atoms with Gasteiger partial charge in [-0.2, -0.15) is 0 Å². The number of hydrogen-bond acceptors (Lipinski definition) is 5.